The third kappa shape index (κ3) is 2.68. The molecule has 0 radical (unpaired) electrons. The minimum Gasteiger partial charge on any atom is -0.468 e. The number of hydrogen-bond acceptors (Lipinski definition) is 4. The van der Waals surface area contributed by atoms with Gasteiger partial charge >= 0.3 is 5.97 Å². The highest BCUT2D eigenvalue weighted by molar-refractivity contribution is 8.00. The van der Waals surface area contributed by atoms with Crippen molar-refractivity contribution in [1.29, 1.82) is 0 Å². The van der Waals surface area contributed by atoms with Gasteiger partial charge in [-0.3, -0.25) is 4.79 Å². The van der Waals surface area contributed by atoms with Gasteiger partial charge in [0.1, 0.15) is 5.25 Å². The van der Waals surface area contributed by atoms with Crippen LogP contribution in [0.3, 0.4) is 0 Å². The third-order valence-corrected chi connectivity index (χ3v) is 3.23. The maximum absolute atomic E-state index is 11.2. The number of rotatable bonds is 5. The van der Waals surface area contributed by atoms with Crippen molar-refractivity contribution >= 4 is 17.7 Å². The molecule has 0 saturated heterocycles. The first-order valence-corrected chi connectivity index (χ1v) is 5.14. The topological polar surface area (TPSA) is 46.5 Å². The van der Waals surface area contributed by atoms with Crippen molar-refractivity contribution in [3.05, 3.63) is 0 Å². The summed E-state index contributed by atoms with van der Waals surface area (Å²) in [5.74, 6) is 0.973. The van der Waals surface area contributed by atoms with E-state index in [9.17, 15) is 4.79 Å². The number of hydrogen-bond donors (Lipinski definition) is 1. The summed E-state index contributed by atoms with van der Waals surface area (Å²) in [7, 11) is 1.41. The van der Waals surface area contributed by atoms with E-state index in [4.69, 9.17) is 5.11 Å². The van der Waals surface area contributed by atoms with Gasteiger partial charge in [-0.2, -0.15) is 0 Å². The Kier molecular flexibility index (Phi) is 3.88. The number of methoxy groups -OCH3 is 1. The highest BCUT2D eigenvalue weighted by Gasteiger charge is 2.36. The predicted molar refractivity (Wildman–Crippen MR) is 48.1 cm³/mol. The van der Waals surface area contributed by atoms with Crippen LogP contribution in [0.1, 0.15) is 12.8 Å². The van der Waals surface area contributed by atoms with Gasteiger partial charge in [-0.1, -0.05) is 0 Å². The third-order valence-electron chi connectivity index (χ3n) is 1.87. The minimum atomic E-state index is -0.143. The summed E-state index contributed by atoms with van der Waals surface area (Å²) in [5, 5.41) is 8.56. The molecule has 0 bridgehead atoms. The van der Waals surface area contributed by atoms with Crippen LogP contribution >= 0.6 is 11.8 Å². The van der Waals surface area contributed by atoms with E-state index in [0.29, 0.717) is 11.7 Å². The first-order valence-electron chi connectivity index (χ1n) is 4.10. The molecule has 1 N–H and O–H groups in total. The molecule has 1 rings (SSSR count). The van der Waals surface area contributed by atoms with Crippen molar-refractivity contribution in [2.45, 2.75) is 18.1 Å². The lowest BCUT2D eigenvalue weighted by molar-refractivity contribution is -0.140. The van der Waals surface area contributed by atoms with Gasteiger partial charge < -0.3 is 9.84 Å². The summed E-state index contributed by atoms with van der Waals surface area (Å²) in [6.45, 7) is 0.130. The van der Waals surface area contributed by atoms with Gasteiger partial charge in [0, 0.05) is 5.75 Å². The molecule has 3 nitrogen and oxygen atoms in total. The SMILES string of the molecule is COC(=O)C(SCCO)C1CC1. The first kappa shape index (κ1) is 9.86. The second kappa shape index (κ2) is 4.72. The summed E-state index contributed by atoms with van der Waals surface area (Å²) < 4.78 is 4.67. The molecule has 0 aromatic carbocycles. The number of thioether (sulfide) groups is 1. The van der Waals surface area contributed by atoms with Crippen molar-refractivity contribution in [2.24, 2.45) is 5.92 Å². The van der Waals surface area contributed by atoms with Gasteiger partial charge in [0.05, 0.1) is 13.7 Å². The Hall–Kier alpha value is -0.220. The summed E-state index contributed by atoms with van der Waals surface area (Å²) >= 11 is 1.50. The summed E-state index contributed by atoms with van der Waals surface area (Å²) in [4.78, 5) is 11.2. The predicted octanol–water partition coefficient (Wildman–Crippen LogP) is 0.663. The van der Waals surface area contributed by atoms with Gasteiger partial charge in [-0.15, -0.1) is 11.8 Å². The average Bonchev–Trinajstić information content (AvgIpc) is 2.88. The van der Waals surface area contributed by atoms with Crippen LogP contribution in [0.15, 0.2) is 0 Å². The molecule has 1 aliphatic rings. The Balaban J connectivity index is 2.32. The Morgan fingerprint density at radius 2 is 2.42 bits per heavy atom. The number of aliphatic hydroxyl groups is 1. The molecule has 0 spiro atoms. The molecule has 1 saturated carbocycles. The van der Waals surface area contributed by atoms with E-state index in [2.05, 4.69) is 4.74 Å². The van der Waals surface area contributed by atoms with E-state index in [1.54, 1.807) is 0 Å². The van der Waals surface area contributed by atoms with Crippen LogP contribution in [0.5, 0.6) is 0 Å². The minimum absolute atomic E-state index is 0.0397. The molecule has 0 amide bonds. The molecular formula is C8H14O3S. The zero-order chi connectivity index (χ0) is 8.97. The fourth-order valence-electron chi connectivity index (χ4n) is 1.09. The van der Waals surface area contributed by atoms with Crippen LogP contribution in [0, 0.1) is 5.92 Å². The van der Waals surface area contributed by atoms with Crippen molar-refractivity contribution in [1.82, 2.24) is 0 Å². The average molecular weight is 190 g/mol. The van der Waals surface area contributed by atoms with Crippen LogP contribution in [-0.4, -0.2) is 35.8 Å². The second-order valence-corrected chi connectivity index (χ2v) is 4.13. The molecule has 1 atom stereocenters. The van der Waals surface area contributed by atoms with Crippen molar-refractivity contribution in [3.8, 4) is 0 Å². The zero-order valence-corrected chi connectivity index (χ0v) is 7.97. The number of ether oxygens (including phenoxy) is 1. The molecule has 12 heavy (non-hydrogen) atoms. The van der Waals surface area contributed by atoms with Crippen LogP contribution in [0.4, 0.5) is 0 Å². The molecule has 1 unspecified atom stereocenters. The maximum Gasteiger partial charge on any atom is 0.319 e. The van der Waals surface area contributed by atoms with Gasteiger partial charge in [0.25, 0.3) is 0 Å². The van der Waals surface area contributed by atoms with Gasteiger partial charge in [0.2, 0.25) is 0 Å². The Morgan fingerprint density at radius 3 is 2.83 bits per heavy atom. The van der Waals surface area contributed by atoms with Crippen LogP contribution in [-0.2, 0) is 9.53 Å². The monoisotopic (exact) mass is 190 g/mol. The quantitative estimate of drug-likeness (QED) is 0.647. The van der Waals surface area contributed by atoms with Crippen molar-refractivity contribution in [2.75, 3.05) is 19.5 Å². The molecule has 70 valence electrons. The highest BCUT2D eigenvalue weighted by Crippen LogP contribution is 2.39. The maximum atomic E-state index is 11.2. The van der Waals surface area contributed by atoms with Crippen LogP contribution < -0.4 is 0 Å². The number of carbonyl (C=O) groups is 1. The zero-order valence-electron chi connectivity index (χ0n) is 7.16. The fraction of sp³-hybridized carbons (Fsp3) is 0.875. The lowest BCUT2D eigenvalue weighted by atomic mass is 10.3. The smallest absolute Gasteiger partial charge is 0.319 e. The molecule has 0 aliphatic heterocycles. The molecule has 0 aromatic heterocycles. The fourth-order valence-corrected chi connectivity index (χ4v) is 2.23. The highest BCUT2D eigenvalue weighted by atomic mass is 32.2. The number of aliphatic hydroxyl groups excluding tert-OH is 1. The Labute approximate surface area is 76.5 Å². The largest absolute Gasteiger partial charge is 0.468 e. The molecule has 4 heteroatoms. The Bertz CT molecular complexity index is 156. The number of esters is 1. The summed E-state index contributed by atoms with van der Waals surface area (Å²) in [6.07, 6.45) is 2.25. The van der Waals surface area contributed by atoms with Gasteiger partial charge in [-0.25, -0.2) is 0 Å². The number of carbonyl (C=O) groups excluding carboxylic acids is 1. The molecule has 0 aromatic rings. The lowest BCUT2D eigenvalue weighted by Crippen LogP contribution is -2.21. The van der Waals surface area contributed by atoms with Crippen LogP contribution in [0.25, 0.3) is 0 Å². The summed E-state index contributed by atoms with van der Waals surface area (Å²) in [5.41, 5.74) is 0. The first-order chi connectivity index (χ1) is 5.79. The van der Waals surface area contributed by atoms with E-state index < -0.39 is 0 Å². The molecular weight excluding hydrogens is 176 g/mol. The standard InChI is InChI=1S/C8H14O3S/c1-11-8(10)7(6-2-3-6)12-5-4-9/h6-7,9H,2-5H2,1H3. The van der Waals surface area contributed by atoms with Crippen LogP contribution in [0.2, 0.25) is 0 Å². The van der Waals surface area contributed by atoms with Gasteiger partial charge in [-0.05, 0) is 18.8 Å². The van der Waals surface area contributed by atoms with E-state index in [-0.39, 0.29) is 17.8 Å². The van der Waals surface area contributed by atoms with Crippen molar-refractivity contribution < 1.29 is 14.6 Å². The molecule has 1 aliphatic carbocycles. The molecule has 0 heterocycles. The Morgan fingerprint density at radius 1 is 1.75 bits per heavy atom. The van der Waals surface area contributed by atoms with E-state index >= 15 is 0 Å². The van der Waals surface area contributed by atoms with E-state index in [1.807, 2.05) is 0 Å². The van der Waals surface area contributed by atoms with E-state index in [1.165, 1.54) is 18.9 Å². The van der Waals surface area contributed by atoms with E-state index in [0.717, 1.165) is 12.8 Å². The lowest BCUT2D eigenvalue weighted by Gasteiger charge is -2.11. The van der Waals surface area contributed by atoms with Gasteiger partial charge in [0.15, 0.2) is 0 Å². The molecule has 1 fully saturated rings. The normalized spacial score (nSPS) is 18.8. The van der Waals surface area contributed by atoms with Crippen molar-refractivity contribution in [3.63, 3.8) is 0 Å². The second-order valence-electron chi connectivity index (χ2n) is 2.88. The summed E-state index contributed by atoms with van der Waals surface area (Å²) in [6, 6.07) is 0.